The van der Waals surface area contributed by atoms with Crippen LogP contribution in [0.5, 0.6) is 0 Å². The van der Waals surface area contributed by atoms with Crippen LogP contribution < -0.4 is 5.32 Å². The highest BCUT2D eigenvalue weighted by Crippen LogP contribution is 2.24. The molecule has 0 saturated carbocycles. The lowest BCUT2D eigenvalue weighted by atomic mass is 10.1. The van der Waals surface area contributed by atoms with Crippen molar-refractivity contribution in [2.24, 2.45) is 7.05 Å². The van der Waals surface area contributed by atoms with Gasteiger partial charge in [0.05, 0.1) is 33.5 Å². The fraction of sp³-hybridized carbons (Fsp3) is 0.158. The Bertz CT molecular complexity index is 1230. The summed E-state index contributed by atoms with van der Waals surface area (Å²) < 4.78 is 15.8. The lowest BCUT2D eigenvalue weighted by Crippen LogP contribution is -2.16. The zero-order chi connectivity index (χ0) is 19.3. The fourth-order valence-corrected chi connectivity index (χ4v) is 3.09. The highest BCUT2D eigenvalue weighted by atomic mass is 35.5. The zero-order valence-electron chi connectivity index (χ0n) is 14.8. The van der Waals surface area contributed by atoms with E-state index < -0.39 is 11.7 Å². The number of amides is 1. The number of aromatic nitrogens is 4. The van der Waals surface area contributed by atoms with Gasteiger partial charge in [-0.05, 0) is 38.1 Å². The van der Waals surface area contributed by atoms with Gasteiger partial charge < -0.3 is 4.57 Å². The summed E-state index contributed by atoms with van der Waals surface area (Å²) >= 11 is 6.00. The maximum Gasteiger partial charge on any atom is 0.260 e. The molecule has 4 aromatic rings. The molecule has 0 radical (unpaired) electrons. The summed E-state index contributed by atoms with van der Waals surface area (Å²) in [7, 11) is 1.77. The number of hydrogen-bond acceptors (Lipinski definition) is 4. The molecule has 8 heteroatoms. The SMILES string of the molecule is Cc1nc2cc(F)cc(C(=O)Nc3nc4cc(Cl)ccc4n3C)c2nc1C. The number of imidazole rings is 1. The van der Waals surface area contributed by atoms with Crippen molar-refractivity contribution >= 4 is 45.5 Å². The molecule has 2 heterocycles. The molecule has 2 aromatic heterocycles. The first kappa shape index (κ1) is 17.4. The van der Waals surface area contributed by atoms with E-state index >= 15 is 0 Å². The van der Waals surface area contributed by atoms with Crippen molar-refractivity contribution in [2.75, 3.05) is 5.32 Å². The number of rotatable bonds is 2. The number of nitrogens with one attached hydrogen (secondary N) is 1. The van der Waals surface area contributed by atoms with E-state index in [0.29, 0.717) is 38.9 Å². The summed E-state index contributed by atoms with van der Waals surface area (Å²) in [4.78, 5) is 26.0. The van der Waals surface area contributed by atoms with Crippen molar-refractivity contribution in [3.8, 4) is 0 Å². The number of carbonyl (C=O) groups excluding carboxylic acids is 1. The molecule has 0 aliphatic rings. The van der Waals surface area contributed by atoms with Gasteiger partial charge in [-0.2, -0.15) is 0 Å². The number of carbonyl (C=O) groups is 1. The van der Waals surface area contributed by atoms with E-state index in [0.717, 1.165) is 11.6 Å². The third kappa shape index (κ3) is 3.00. The summed E-state index contributed by atoms with van der Waals surface area (Å²) in [5.41, 5.74) is 3.61. The molecule has 0 fully saturated rings. The van der Waals surface area contributed by atoms with E-state index in [4.69, 9.17) is 11.6 Å². The molecule has 0 spiro atoms. The van der Waals surface area contributed by atoms with E-state index in [1.54, 1.807) is 37.6 Å². The molecule has 0 unspecified atom stereocenters. The van der Waals surface area contributed by atoms with Crippen LogP contribution in [0.4, 0.5) is 10.3 Å². The number of hydrogen-bond donors (Lipinski definition) is 1. The smallest absolute Gasteiger partial charge is 0.260 e. The van der Waals surface area contributed by atoms with E-state index in [1.165, 1.54) is 6.07 Å². The molecule has 2 aromatic carbocycles. The van der Waals surface area contributed by atoms with E-state index in [9.17, 15) is 9.18 Å². The molecular formula is C19H15ClFN5O. The predicted octanol–water partition coefficient (Wildman–Crippen LogP) is 4.18. The van der Waals surface area contributed by atoms with Gasteiger partial charge in [0.15, 0.2) is 0 Å². The number of nitrogens with zero attached hydrogens (tertiary/aromatic N) is 4. The Morgan fingerprint density at radius 1 is 1.07 bits per heavy atom. The van der Waals surface area contributed by atoms with Crippen LogP contribution in [0.25, 0.3) is 22.1 Å². The second-order valence-electron chi connectivity index (χ2n) is 6.30. The standard InChI is InChI=1S/C19H15ClFN5O/c1-9-10(2)23-17-13(7-12(21)8-15(17)22-9)18(27)25-19-24-14-6-11(20)4-5-16(14)26(19)3/h4-8H,1-3H3,(H,24,25,27). The van der Waals surface area contributed by atoms with Gasteiger partial charge in [0.1, 0.15) is 11.3 Å². The van der Waals surface area contributed by atoms with Crippen molar-refractivity contribution in [2.45, 2.75) is 13.8 Å². The molecule has 1 amide bonds. The minimum Gasteiger partial charge on any atom is -0.313 e. The Morgan fingerprint density at radius 3 is 2.59 bits per heavy atom. The van der Waals surface area contributed by atoms with Crippen LogP contribution in [0, 0.1) is 19.7 Å². The summed E-state index contributed by atoms with van der Waals surface area (Å²) in [5, 5.41) is 3.28. The first-order chi connectivity index (χ1) is 12.8. The molecule has 27 heavy (non-hydrogen) atoms. The van der Waals surface area contributed by atoms with Gasteiger partial charge >= 0.3 is 0 Å². The molecule has 0 saturated heterocycles. The number of anilines is 1. The second kappa shape index (κ2) is 6.28. The molecular weight excluding hydrogens is 369 g/mol. The third-order valence-corrected chi connectivity index (χ3v) is 4.69. The van der Waals surface area contributed by atoms with Crippen molar-refractivity contribution in [1.29, 1.82) is 0 Å². The van der Waals surface area contributed by atoms with Crippen molar-refractivity contribution in [3.63, 3.8) is 0 Å². The fourth-order valence-electron chi connectivity index (χ4n) is 2.92. The molecule has 136 valence electrons. The van der Waals surface area contributed by atoms with Crippen LogP contribution in [-0.4, -0.2) is 25.4 Å². The minimum atomic E-state index is -0.554. The average Bonchev–Trinajstić information content (AvgIpc) is 2.90. The number of benzene rings is 2. The first-order valence-corrected chi connectivity index (χ1v) is 8.59. The summed E-state index contributed by atoms with van der Waals surface area (Å²) in [6, 6.07) is 7.69. The predicted molar refractivity (Wildman–Crippen MR) is 103 cm³/mol. The summed E-state index contributed by atoms with van der Waals surface area (Å²) in [6.07, 6.45) is 0. The monoisotopic (exact) mass is 383 g/mol. The van der Waals surface area contributed by atoms with Crippen molar-refractivity contribution < 1.29 is 9.18 Å². The zero-order valence-corrected chi connectivity index (χ0v) is 15.6. The molecule has 0 aliphatic carbocycles. The number of aryl methyl sites for hydroxylation is 3. The summed E-state index contributed by atoms with van der Waals surface area (Å²) in [5.74, 6) is -0.741. The Hall–Kier alpha value is -3.06. The lowest BCUT2D eigenvalue weighted by Gasteiger charge is -2.09. The van der Waals surface area contributed by atoms with Crippen LogP contribution in [0.2, 0.25) is 5.02 Å². The molecule has 6 nitrogen and oxygen atoms in total. The van der Waals surface area contributed by atoms with Gasteiger partial charge in [0.2, 0.25) is 5.95 Å². The molecule has 1 N–H and O–H groups in total. The van der Waals surface area contributed by atoms with Crippen molar-refractivity contribution in [1.82, 2.24) is 19.5 Å². The van der Waals surface area contributed by atoms with Crippen LogP contribution in [0.3, 0.4) is 0 Å². The maximum atomic E-state index is 14.0. The topological polar surface area (TPSA) is 72.7 Å². The van der Waals surface area contributed by atoms with Gasteiger partial charge in [0, 0.05) is 18.1 Å². The highest BCUT2D eigenvalue weighted by Gasteiger charge is 2.18. The normalized spacial score (nSPS) is 11.3. The second-order valence-corrected chi connectivity index (χ2v) is 6.73. The van der Waals surface area contributed by atoms with Crippen LogP contribution in [0.1, 0.15) is 21.7 Å². The maximum absolute atomic E-state index is 14.0. The first-order valence-electron chi connectivity index (χ1n) is 8.21. The molecule has 0 bridgehead atoms. The van der Waals surface area contributed by atoms with E-state index in [-0.39, 0.29) is 5.56 Å². The van der Waals surface area contributed by atoms with E-state index in [1.807, 2.05) is 6.07 Å². The Kier molecular flexibility index (Phi) is 4.04. The van der Waals surface area contributed by atoms with Crippen molar-refractivity contribution in [3.05, 3.63) is 58.1 Å². The van der Waals surface area contributed by atoms with Crippen LogP contribution in [0.15, 0.2) is 30.3 Å². The van der Waals surface area contributed by atoms with Gasteiger partial charge in [-0.15, -0.1) is 0 Å². The highest BCUT2D eigenvalue weighted by molar-refractivity contribution is 6.31. The summed E-state index contributed by atoms with van der Waals surface area (Å²) in [6.45, 7) is 3.58. The van der Waals surface area contributed by atoms with Crippen LogP contribution in [-0.2, 0) is 7.05 Å². The lowest BCUT2D eigenvalue weighted by molar-refractivity contribution is 0.102. The Balaban J connectivity index is 1.80. The van der Waals surface area contributed by atoms with Gasteiger partial charge in [-0.1, -0.05) is 11.6 Å². The van der Waals surface area contributed by atoms with Crippen LogP contribution >= 0.6 is 11.6 Å². The minimum absolute atomic E-state index is 0.102. The molecule has 0 atom stereocenters. The molecule has 0 aliphatic heterocycles. The van der Waals surface area contributed by atoms with Gasteiger partial charge in [0.25, 0.3) is 5.91 Å². The largest absolute Gasteiger partial charge is 0.313 e. The Morgan fingerprint density at radius 2 is 1.81 bits per heavy atom. The Labute approximate surface area is 159 Å². The quantitative estimate of drug-likeness (QED) is 0.563. The third-order valence-electron chi connectivity index (χ3n) is 4.46. The average molecular weight is 384 g/mol. The molecule has 4 rings (SSSR count). The van der Waals surface area contributed by atoms with Gasteiger partial charge in [-0.25, -0.2) is 19.3 Å². The number of fused-ring (bicyclic) bond motifs is 2. The number of halogens is 2. The van der Waals surface area contributed by atoms with Gasteiger partial charge in [-0.3, -0.25) is 10.1 Å². The van der Waals surface area contributed by atoms with E-state index in [2.05, 4.69) is 20.3 Å².